The summed E-state index contributed by atoms with van der Waals surface area (Å²) in [5.74, 6) is 0.389. The van der Waals surface area contributed by atoms with Crippen LogP contribution in [-0.2, 0) is 0 Å². The zero-order chi connectivity index (χ0) is 13.4. The van der Waals surface area contributed by atoms with E-state index in [0.717, 1.165) is 11.3 Å². The van der Waals surface area contributed by atoms with Crippen LogP contribution in [0.25, 0.3) is 0 Å². The average Bonchev–Trinajstić information content (AvgIpc) is 3.01. The van der Waals surface area contributed by atoms with Crippen molar-refractivity contribution in [2.24, 2.45) is 0 Å². The van der Waals surface area contributed by atoms with Gasteiger partial charge in [0.15, 0.2) is 22.3 Å². The van der Waals surface area contributed by atoms with Crippen LogP contribution in [0.1, 0.15) is 16.1 Å². The zero-order valence-corrected chi connectivity index (χ0v) is 10.8. The van der Waals surface area contributed by atoms with Gasteiger partial charge in [-0.3, -0.25) is 0 Å². The standard InChI is InChI=1S/C12H10N2O4S/c1-6-7(2-3-9-10(6)18-5-17-9)13-12-14-8(4-19-12)11(15)16/h2-4H,5H2,1H3,(H,13,14)(H,15,16). The number of aromatic nitrogens is 1. The van der Waals surface area contributed by atoms with E-state index in [1.807, 2.05) is 19.1 Å². The molecule has 1 aromatic carbocycles. The maximum atomic E-state index is 10.8. The van der Waals surface area contributed by atoms with Gasteiger partial charge in [0.2, 0.25) is 6.79 Å². The Morgan fingerprint density at radius 2 is 2.32 bits per heavy atom. The van der Waals surface area contributed by atoms with Crippen molar-refractivity contribution in [2.75, 3.05) is 12.1 Å². The van der Waals surface area contributed by atoms with Crippen LogP contribution < -0.4 is 14.8 Å². The third kappa shape index (κ3) is 2.08. The molecule has 2 aromatic rings. The molecule has 0 unspecified atom stereocenters. The number of carboxylic acid groups (broad SMARTS) is 1. The summed E-state index contributed by atoms with van der Waals surface area (Å²) in [5.41, 5.74) is 1.75. The molecule has 0 atom stereocenters. The summed E-state index contributed by atoms with van der Waals surface area (Å²) in [5, 5.41) is 13.9. The number of hydrogen-bond donors (Lipinski definition) is 2. The number of nitrogens with one attached hydrogen (secondary N) is 1. The Bertz CT molecular complexity index is 653. The summed E-state index contributed by atoms with van der Waals surface area (Å²) in [4.78, 5) is 14.7. The molecular formula is C12H10N2O4S. The number of ether oxygens (including phenoxy) is 2. The number of rotatable bonds is 3. The normalized spacial score (nSPS) is 12.5. The minimum Gasteiger partial charge on any atom is -0.476 e. The van der Waals surface area contributed by atoms with E-state index in [9.17, 15) is 4.79 Å². The van der Waals surface area contributed by atoms with Crippen LogP contribution in [-0.4, -0.2) is 22.9 Å². The molecule has 0 amide bonds. The van der Waals surface area contributed by atoms with Gasteiger partial charge in [0, 0.05) is 16.6 Å². The number of carboxylic acids is 1. The minimum atomic E-state index is -1.04. The molecule has 0 saturated heterocycles. The van der Waals surface area contributed by atoms with Crippen LogP contribution in [0.3, 0.4) is 0 Å². The van der Waals surface area contributed by atoms with E-state index in [2.05, 4.69) is 10.3 Å². The topological polar surface area (TPSA) is 80.7 Å². The summed E-state index contributed by atoms with van der Waals surface area (Å²) >= 11 is 1.24. The first kappa shape index (κ1) is 11.8. The van der Waals surface area contributed by atoms with Gasteiger partial charge in [-0.1, -0.05) is 0 Å². The molecule has 0 aliphatic carbocycles. The van der Waals surface area contributed by atoms with Crippen molar-refractivity contribution in [3.63, 3.8) is 0 Å². The van der Waals surface area contributed by atoms with E-state index in [0.29, 0.717) is 16.6 Å². The average molecular weight is 278 g/mol. The number of benzene rings is 1. The third-order valence-corrected chi connectivity index (χ3v) is 3.51. The first-order valence-corrected chi connectivity index (χ1v) is 6.38. The lowest BCUT2D eigenvalue weighted by Gasteiger charge is -2.08. The van der Waals surface area contributed by atoms with Crippen molar-refractivity contribution in [2.45, 2.75) is 6.92 Å². The van der Waals surface area contributed by atoms with Crippen LogP contribution >= 0.6 is 11.3 Å². The summed E-state index contributed by atoms with van der Waals surface area (Å²) in [6, 6.07) is 3.66. The number of thiazole rings is 1. The molecule has 3 rings (SSSR count). The molecule has 7 heteroatoms. The number of aromatic carboxylic acids is 1. The molecule has 19 heavy (non-hydrogen) atoms. The first-order valence-electron chi connectivity index (χ1n) is 5.50. The second-order valence-electron chi connectivity index (χ2n) is 3.94. The van der Waals surface area contributed by atoms with Crippen molar-refractivity contribution in [1.29, 1.82) is 0 Å². The van der Waals surface area contributed by atoms with Gasteiger partial charge in [-0.25, -0.2) is 9.78 Å². The fraction of sp³-hybridized carbons (Fsp3) is 0.167. The van der Waals surface area contributed by atoms with Crippen LogP contribution in [0.15, 0.2) is 17.5 Å². The number of carbonyl (C=O) groups is 1. The third-order valence-electron chi connectivity index (χ3n) is 2.75. The fourth-order valence-corrected chi connectivity index (χ4v) is 2.49. The predicted octanol–water partition coefficient (Wildman–Crippen LogP) is 2.62. The Morgan fingerprint density at radius 3 is 3.05 bits per heavy atom. The Morgan fingerprint density at radius 1 is 1.47 bits per heavy atom. The summed E-state index contributed by atoms with van der Waals surface area (Å²) < 4.78 is 10.7. The van der Waals surface area contributed by atoms with Gasteiger partial charge in [-0.2, -0.15) is 0 Å². The second-order valence-corrected chi connectivity index (χ2v) is 4.80. The van der Waals surface area contributed by atoms with Crippen molar-refractivity contribution in [1.82, 2.24) is 4.98 Å². The van der Waals surface area contributed by atoms with Crippen LogP contribution in [0.4, 0.5) is 10.8 Å². The number of anilines is 2. The highest BCUT2D eigenvalue weighted by atomic mass is 32.1. The summed E-state index contributed by atoms with van der Waals surface area (Å²) in [6.07, 6.45) is 0. The van der Waals surface area contributed by atoms with E-state index in [4.69, 9.17) is 14.6 Å². The lowest BCUT2D eigenvalue weighted by atomic mass is 10.1. The van der Waals surface area contributed by atoms with E-state index in [1.54, 1.807) is 0 Å². The first-order chi connectivity index (χ1) is 9.15. The molecule has 6 nitrogen and oxygen atoms in total. The van der Waals surface area contributed by atoms with Gasteiger partial charge in [-0.05, 0) is 19.1 Å². The molecule has 0 saturated carbocycles. The molecule has 1 aromatic heterocycles. The predicted molar refractivity (Wildman–Crippen MR) is 69.7 cm³/mol. The van der Waals surface area contributed by atoms with Gasteiger partial charge in [-0.15, -0.1) is 11.3 Å². The molecule has 1 aliphatic heterocycles. The molecule has 0 bridgehead atoms. The van der Waals surface area contributed by atoms with Gasteiger partial charge < -0.3 is 19.9 Å². The maximum Gasteiger partial charge on any atom is 0.355 e. The van der Waals surface area contributed by atoms with Crippen LogP contribution in [0.5, 0.6) is 11.5 Å². The van der Waals surface area contributed by atoms with Crippen molar-refractivity contribution < 1.29 is 19.4 Å². The maximum absolute atomic E-state index is 10.8. The number of fused-ring (bicyclic) bond motifs is 1. The monoisotopic (exact) mass is 278 g/mol. The highest BCUT2D eigenvalue weighted by molar-refractivity contribution is 7.14. The molecule has 98 valence electrons. The molecule has 1 aliphatic rings. The van der Waals surface area contributed by atoms with E-state index < -0.39 is 5.97 Å². The van der Waals surface area contributed by atoms with Crippen LogP contribution in [0, 0.1) is 6.92 Å². The van der Waals surface area contributed by atoms with Crippen molar-refractivity contribution in [3.05, 3.63) is 28.8 Å². The number of hydrogen-bond acceptors (Lipinski definition) is 6. The Kier molecular flexibility index (Phi) is 2.75. The molecular weight excluding hydrogens is 268 g/mol. The molecule has 0 spiro atoms. The van der Waals surface area contributed by atoms with Gasteiger partial charge in [0.25, 0.3) is 0 Å². The minimum absolute atomic E-state index is 0.0332. The zero-order valence-electron chi connectivity index (χ0n) is 9.97. The molecule has 2 N–H and O–H groups in total. The molecule has 2 heterocycles. The van der Waals surface area contributed by atoms with Gasteiger partial charge in [0.1, 0.15) is 0 Å². The Balaban J connectivity index is 1.89. The summed E-state index contributed by atoms with van der Waals surface area (Å²) in [7, 11) is 0. The molecule has 0 fully saturated rings. The SMILES string of the molecule is Cc1c(Nc2nc(C(=O)O)cs2)ccc2c1OCO2. The largest absolute Gasteiger partial charge is 0.476 e. The smallest absolute Gasteiger partial charge is 0.355 e. The van der Waals surface area contributed by atoms with E-state index >= 15 is 0 Å². The lowest BCUT2D eigenvalue weighted by molar-refractivity contribution is 0.0691. The highest BCUT2D eigenvalue weighted by Crippen LogP contribution is 2.40. The number of nitrogens with zero attached hydrogens (tertiary/aromatic N) is 1. The van der Waals surface area contributed by atoms with E-state index in [1.165, 1.54) is 16.7 Å². The van der Waals surface area contributed by atoms with E-state index in [-0.39, 0.29) is 12.5 Å². The summed E-state index contributed by atoms with van der Waals surface area (Å²) in [6.45, 7) is 2.13. The molecule has 0 radical (unpaired) electrons. The van der Waals surface area contributed by atoms with Gasteiger partial charge >= 0.3 is 5.97 Å². The van der Waals surface area contributed by atoms with Crippen molar-refractivity contribution >= 4 is 28.1 Å². The van der Waals surface area contributed by atoms with Gasteiger partial charge in [0.05, 0.1) is 0 Å². The lowest BCUT2D eigenvalue weighted by Crippen LogP contribution is -1.98. The second kappa shape index (κ2) is 4.43. The highest BCUT2D eigenvalue weighted by Gasteiger charge is 2.18. The fourth-order valence-electron chi connectivity index (χ4n) is 1.79. The quantitative estimate of drug-likeness (QED) is 0.898. The van der Waals surface area contributed by atoms with Crippen LogP contribution in [0.2, 0.25) is 0 Å². The van der Waals surface area contributed by atoms with Crippen molar-refractivity contribution in [3.8, 4) is 11.5 Å². The Hall–Kier alpha value is -2.28. The Labute approximate surface area is 112 Å².